The van der Waals surface area contributed by atoms with Crippen molar-refractivity contribution in [3.05, 3.63) is 0 Å². The van der Waals surface area contributed by atoms with E-state index in [9.17, 15) is 0 Å². The fourth-order valence-electron chi connectivity index (χ4n) is 4.40. The molecular formula is C16H30N2. The monoisotopic (exact) mass is 250 g/mol. The van der Waals surface area contributed by atoms with Crippen LogP contribution >= 0.6 is 0 Å². The zero-order valence-corrected chi connectivity index (χ0v) is 12.2. The first kappa shape index (κ1) is 12.9. The van der Waals surface area contributed by atoms with Gasteiger partial charge in [-0.1, -0.05) is 26.7 Å². The van der Waals surface area contributed by atoms with Gasteiger partial charge in [-0.05, 0) is 43.9 Å². The Morgan fingerprint density at radius 3 is 2.22 bits per heavy atom. The van der Waals surface area contributed by atoms with Gasteiger partial charge in [0, 0.05) is 31.2 Å². The maximum Gasteiger partial charge on any atom is 0.0200 e. The van der Waals surface area contributed by atoms with Gasteiger partial charge in [0.25, 0.3) is 0 Å². The van der Waals surface area contributed by atoms with E-state index in [1.165, 1.54) is 58.0 Å². The Hall–Kier alpha value is -0.0800. The summed E-state index contributed by atoms with van der Waals surface area (Å²) in [4.78, 5) is 2.79. The molecule has 18 heavy (non-hydrogen) atoms. The molecule has 1 N–H and O–H groups in total. The Labute approximate surface area is 113 Å². The summed E-state index contributed by atoms with van der Waals surface area (Å²) in [6, 6.07) is 2.52. The van der Waals surface area contributed by atoms with Gasteiger partial charge in [-0.15, -0.1) is 0 Å². The molecule has 0 radical (unpaired) electrons. The predicted octanol–water partition coefficient (Wildman–Crippen LogP) is 3.03. The van der Waals surface area contributed by atoms with E-state index < -0.39 is 0 Å². The molecule has 2 saturated carbocycles. The van der Waals surface area contributed by atoms with E-state index in [0.717, 1.165) is 30.0 Å². The van der Waals surface area contributed by atoms with Crippen molar-refractivity contribution in [2.24, 2.45) is 11.8 Å². The molecule has 0 amide bonds. The zero-order valence-electron chi connectivity index (χ0n) is 12.2. The van der Waals surface area contributed by atoms with E-state index in [-0.39, 0.29) is 0 Å². The number of nitrogens with zero attached hydrogens (tertiary/aromatic N) is 1. The van der Waals surface area contributed by atoms with Crippen LogP contribution in [0.3, 0.4) is 0 Å². The summed E-state index contributed by atoms with van der Waals surface area (Å²) in [5.41, 5.74) is 0. The van der Waals surface area contributed by atoms with Crippen molar-refractivity contribution in [2.45, 2.75) is 76.9 Å². The van der Waals surface area contributed by atoms with Crippen LogP contribution in [0.4, 0.5) is 0 Å². The third kappa shape index (κ3) is 2.91. The Morgan fingerprint density at radius 2 is 1.56 bits per heavy atom. The average molecular weight is 250 g/mol. The van der Waals surface area contributed by atoms with Crippen LogP contribution in [0.25, 0.3) is 0 Å². The second-order valence-electron chi connectivity index (χ2n) is 7.37. The van der Waals surface area contributed by atoms with Crippen LogP contribution in [-0.4, -0.2) is 36.1 Å². The summed E-state index contributed by atoms with van der Waals surface area (Å²) >= 11 is 0. The lowest BCUT2D eigenvalue weighted by Gasteiger charge is -2.47. The number of likely N-dealkylation sites (tertiary alicyclic amines) is 1. The van der Waals surface area contributed by atoms with E-state index in [2.05, 4.69) is 24.1 Å². The molecule has 0 aromatic rings. The second-order valence-corrected chi connectivity index (χ2v) is 7.37. The topological polar surface area (TPSA) is 15.3 Å². The summed E-state index contributed by atoms with van der Waals surface area (Å²) in [6.45, 7) is 7.51. The number of nitrogens with one attached hydrogen (secondary N) is 1. The Bertz CT molecular complexity index is 266. The predicted molar refractivity (Wildman–Crippen MR) is 76.7 cm³/mol. The molecule has 0 aromatic carbocycles. The van der Waals surface area contributed by atoms with Crippen molar-refractivity contribution in [1.82, 2.24) is 10.2 Å². The molecule has 2 aliphatic carbocycles. The standard InChI is InChI=1S/C16H30N2/c1-12-8-16(9-12)18-10-13(2)7-15(11-18)17-14-5-3-4-6-14/h12-17H,3-11H2,1-2H3. The molecule has 2 heteroatoms. The van der Waals surface area contributed by atoms with Gasteiger partial charge in [0.2, 0.25) is 0 Å². The molecule has 3 rings (SSSR count). The second kappa shape index (κ2) is 5.50. The molecule has 3 aliphatic rings. The van der Waals surface area contributed by atoms with Crippen LogP contribution < -0.4 is 5.32 Å². The lowest BCUT2D eigenvalue weighted by molar-refractivity contribution is 0.0356. The molecule has 1 saturated heterocycles. The summed E-state index contributed by atoms with van der Waals surface area (Å²) in [5, 5.41) is 3.95. The van der Waals surface area contributed by atoms with Crippen LogP contribution in [0.5, 0.6) is 0 Å². The summed E-state index contributed by atoms with van der Waals surface area (Å²) in [5.74, 6) is 1.86. The van der Waals surface area contributed by atoms with E-state index in [1.54, 1.807) is 0 Å². The van der Waals surface area contributed by atoms with Gasteiger partial charge < -0.3 is 5.32 Å². The molecule has 1 heterocycles. The van der Waals surface area contributed by atoms with Crippen molar-refractivity contribution in [2.75, 3.05) is 13.1 Å². The highest BCUT2D eigenvalue weighted by Gasteiger charge is 2.35. The Balaban J connectivity index is 1.51. The molecule has 3 fully saturated rings. The SMILES string of the molecule is CC1CC(N2CC(C)CC(NC3CCCC3)C2)C1. The molecule has 104 valence electrons. The van der Waals surface area contributed by atoms with Crippen LogP contribution in [0.1, 0.15) is 58.8 Å². The maximum atomic E-state index is 3.95. The van der Waals surface area contributed by atoms with Crippen molar-refractivity contribution >= 4 is 0 Å². The fraction of sp³-hybridized carbons (Fsp3) is 1.00. The van der Waals surface area contributed by atoms with Crippen LogP contribution in [-0.2, 0) is 0 Å². The summed E-state index contributed by atoms with van der Waals surface area (Å²) in [7, 11) is 0. The van der Waals surface area contributed by atoms with Crippen molar-refractivity contribution < 1.29 is 0 Å². The highest BCUT2D eigenvalue weighted by molar-refractivity contribution is 4.92. The summed E-state index contributed by atoms with van der Waals surface area (Å²) in [6.07, 6.45) is 10.0. The third-order valence-corrected chi connectivity index (χ3v) is 5.38. The number of piperidine rings is 1. The van der Waals surface area contributed by atoms with Crippen LogP contribution in [0, 0.1) is 11.8 Å². The number of rotatable bonds is 3. The van der Waals surface area contributed by atoms with Gasteiger partial charge in [0.1, 0.15) is 0 Å². The van der Waals surface area contributed by atoms with Crippen molar-refractivity contribution in [3.8, 4) is 0 Å². The van der Waals surface area contributed by atoms with Gasteiger partial charge in [-0.2, -0.15) is 0 Å². The van der Waals surface area contributed by atoms with E-state index in [0.29, 0.717) is 0 Å². The van der Waals surface area contributed by atoms with Gasteiger partial charge >= 0.3 is 0 Å². The summed E-state index contributed by atoms with van der Waals surface area (Å²) < 4.78 is 0. The zero-order chi connectivity index (χ0) is 12.5. The first-order valence-electron chi connectivity index (χ1n) is 8.21. The normalized spacial score (nSPS) is 43.0. The molecule has 2 atom stereocenters. The van der Waals surface area contributed by atoms with E-state index in [4.69, 9.17) is 0 Å². The largest absolute Gasteiger partial charge is 0.310 e. The quantitative estimate of drug-likeness (QED) is 0.828. The number of hydrogen-bond acceptors (Lipinski definition) is 2. The van der Waals surface area contributed by atoms with Crippen molar-refractivity contribution in [3.63, 3.8) is 0 Å². The van der Waals surface area contributed by atoms with Gasteiger partial charge in [0.15, 0.2) is 0 Å². The van der Waals surface area contributed by atoms with E-state index in [1.807, 2.05) is 0 Å². The van der Waals surface area contributed by atoms with Gasteiger partial charge in [0.05, 0.1) is 0 Å². The number of hydrogen-bond donors (Lipinski definition) is 1. The molecule has 2 nitrogen and oxygen atoms in total. The minimum Gasteiger partial charge on any atom is -0.310 e. The minimum atomic E-state index is 0.771. The Morgan fingerprint density at radius 1 is 0.833 bits per heavy atom. The van der Waals surface area contributed by atoms with Gasteiger partial charge in [-0.25, -0.2) is 0 Å². The highest BCUT2D eigenvalue weighted by Crippen LogP contribution is 2.34. The van der Waals surface area contributed by atoms with Crippen LogP contribution in [0.2, 0.25) is 0 Å². The molecule has 0 aromatic heterocycles. The first-order valence-corrected chi connectivity index (χ1v) is 8.21. The highest BCUT2D eigenvalue weighted by atomic mass is 15.2. The van der Waals surface area contributed by atoms with Crippen LogP contribution in [0.15, 0.2) is 0 Å². The van der Waals surface area contributed by atoms with Gasteiger partial charge in [-0.3, -0.25) is 4.90 Å². The maximum absolute atomic E-state index is 3.95. The smallest absolute Gasteiger partial charge is 0.0200 e. The molecule has 0 bridgehead atoms. The fourth-order valence-corrected chi connectivity index (χ4v) is 4.40. The molecule has 1 aliphatic heterocycles. The Kier molecular flexibility index (Phi) is 3.95. The third-order valence-electron chi connectivity index (χ3n) is 5.38. The van der Waals surface area contributed by atoms with E-state index >= 15 is 0 Å². The molecule has 0 spiro atoms. The molecular weight excluding hydrogens is 220 g/mol. The lowest BCUT2D eigenvalue weighted by atomic mass is 9.79. The van der Waals surface area contributed by atoms with Crippen molar-refractivity contribution in [1.29, 1.82) is 0 Å². The first-order chi connectivity index (χ1) is 8.70. The average Bonchev–Trinajstić information content (AvgIpc) is 2.76. The minimum absolute atomic E-state index is 0.771. The molecule has 2 unspecified atom stereocenters. The lowest BCUT2D eigenvalue weighted by Crippen LogP contribution is -2.56.